The van der Waals surface area contributed by atoms with Gasteiger partial charge in [0, 0.05) is 55.2 Å². The molecule has 15 heteroatoms. The van der Waals surface area contributed by atoms with Crippen molar-refractivity contribution in [1.29, 1.82) is 0 Å². The zero-order valence-corrected chi connectivity index (χ0v) is 23.0. The smallest absolute Gasteiger partial charge is 0.387 e. The molecule has 3 amide bonds. The van der Waals surface area contributed by atoms with Crippen LogP contribution in [0.5, 0.6) is 11.5 Å². The third-order valence-corrected chi connectivity index (χ3v) is 7.45. The van der Waals surface area contributed by atoms with Crippen molar-refractivity contribution in [3.05, 3.63) is 77.1 Å². The minimum absolute atomic E-state index is 0.0187. The zero-order valence-electron chi connectivity index (χ0n) is 23.0. The standard InChI is InChI=1S/C29H25F5N4O6/c1-43-16-10-20(31)24(21(32)11-16)18-13-38(25-19(30)6-7-23(36-25)37-9-8-22(39)28(37)42)27(41)17(18)12-35-26(40)14-2-4-15(5-3-14)44-29(33)34/h2-7,10-11,17-18,22,29,39H,8-9,12-13H2,1H3,(H,35,40)/t17?,18-,22?/m1/s1. The van der Waals surface area contributed by atoms with Crippen molar-refractivity contribution in [1.82, 2.24) is 10.3 Å². The lowest BCUT2D eigenvalue weighted by atomic mass is 9.87. The Balaban J connectivity index is 1.45. The minimum atomic E-state index is -3.07. The number of aliphatic hydroxyl groups excluding tert-OH is 1. The number of pyridine rings is 1. The van der Waals surface area contributed by atoms with Crippen LogP contribution in [0, 0.1) is 23.4 Å². The van der Waals surface area contributed by atoms with Crippen molar-refractivity contribution >= 4 is 29.4 Å². The summed E-state index contributed by atoms with van der Waals surface area (Å²) < 4.78 is 79.6. The molecule has 0 radical (unpaired) electrons. The predicted molar refractivity (Wildman–Crippen MR) is 144 cm³/mol. The van der Waals surface area contributed by atoms with E-state index in [1.54, 1.807) is 0 Å². The van der Waals surface area contributed by atoms with Crippen molar-refractivity contribution in [2.24, 2.45) is 5.92 Å². The Morgan fingerprint density at radius 3 is 2.27 bits per heavy atom. The van der Waals surface area contributed by atoms with E-state index in [1.807, 2.05) is 0 Å². The highest BCUT2D eigenvalue weighted by Crippen LogP contribution is 2.40. The number of aromatic nitrogens is 1. The second-order valence-corrected chi connectivity index (χ2v) is 10.0. The van der Waals surface area contributed by atoms with Crippen molar-refractivity contribution in [2.75, 3.05) is 36.5 Å². The molecule has 0 spiro atoms. The Kier molecular flexibility index (Phi) is 8.67. The summed E-state index contributed by atoms with van der Waals surface area (Å²) in [5.41, 5.74) is -0.478. The molecule has 0 saturated carbocycles. The molecule has 2 unspecified atom stereocenters. The van der Waals surface area contributed by atoms with Gasteiger partial charge >= 0.3 is 6.61 Å². The number of amides is 3. The number of nitrogens with zero attached hydrogens (tertiary/aromatic N) is 3. The quantitative estimate of drug-likeness (QED) is 0.352. The van der Waals surface area contributed by atoms with Gasteiger partial charge in [-0.3, -0.25) is 24.2 Å². The minimum Gasteiger partial charge on any atom is -0.497 e. The summed E-state index contributed by atoms with van der Waals surface area (Å²) in [4.78, 5) is 45.0. The SMILES string of the molecule is COc1cc(F)c([C@@H]2CN(c3nc(N4CCC(O)C4=O)ccc3F)C(=O)C2CNC(=O)c2ccc(OC(F)F)cc2)c(F)c1. The number of aliphatic hydroxyl groups is 1. The van der Waals surface area contributed by atoms with E-state index in [0.29, 0.717) is 0 Å². The van der Waals surface area contributed by atoms with Gasteiger partial charge in [0.05, 0.1) is 13.0 Å². The van der Waals surface area contributed by atoms with Gasteiger partial charge in [0.25, 0.3) is 11.8 Å². The molecule has 5 rings (SSSR count). The normalized spacial score (nSPS) is 20.0. The van der Waals surface area contributed by atoms with E-state index in [-0.39, 0.29) is 35.8 Å². The first kappa shape index (κ1) is 30.7. The van der Waals surface area contributed by atoms with E-state index >= 15 is 13.2 Å². The number of ether oxygens (including phenoxy) is 2. The molecule has 2 aliphatic heterocycles. The fourth-order valence-corrected chi connectivity index (χ4v) is 5.28. The largest absolute Gasteiger partial charge is 0.497 e. The number of benzene rings is 2. The number of anilines is 2. The van der Waals surface area contributed by atoms with E-state index in [4.69, 9.17) is 4.74 Å². The highest BCUT2D eigenvalue weighted by molar-refractivity contribution is 6.00. The third-order valence-electron chi connectivity index (χ3n) is 7.45. The van der Waals surface area contributed by atoms with Crippen molar-refractivity contribution in [3.63, 3.8) is 0 Å². The highest BCUT2D eigenvalue weighted by atomic mass is 19.3. The molecule has 0 aliphatic carbocycles. The van der Waals surface area contributed by atoms with Crippen LogP contribution in [0.3, 0.4) is 0 Å². The first-order valence-electron chi connectivity index (χ1n) is 13.3. The van der Waals surface area contributed by atoms with Crippen molar-refractivity contribution < 1.29 is 50.9 Å². The van der Waals surface area contributed by atoms with Crippen LogP contribution in [-0.4, -0.2) is 67.3 Å². The van der Waals surface area contributed by atoms with E-state index in [2.05, 4.69) is 15.0 Å². The summed E-state index contributed by atoms with van der Waals surface area (Å²) in [5, 5.41) is 12.3. The second-order valence-electron chi connectivity index (χ2n) is 10.0. The summed E-state index contributed by atoms with van der Waals surface area (Å²) in [6.07, 6.45) is -1.14. The molecular formula is C29H25F5N4O6. The number of hydrogen-bond acceptors (Lipinski definition) is 7. The molecule has 1 aromatic heterocycles. The molecule has 3 atom stereocenters. The Morgan fingerprint density at radius 1 is 1.00 bits per heavy atom. The second kappa shape index (κ2) is 12.4. The van der Waals surface area contributed by atoms with E-state index in [0.717, 1.165) is 40.1 Å². The van der Waals surface area contributed by atoms with Gasteiger partial charge in [0.2, 0.25) is 5.91 Å². The van der Waals surface area contributed by atoms with Gasteiger partial charge in [-0.15, -0.1) is 0 Å². The summed E-state index contributed by atoms with van der Waals surface area (Å²) in [6.45, 7) is -3.86. The summed E-state index contributed by atoms with van der Waals surface area (Å²) in [7, 11) is 1.21. The number of nitrogens with one attached hydrogen (secondary N) is 1. The van der Waals surface area contributed by atoms with E-state index in [9.17, 15) is 28.3 Å². The predicted octanol–water partition coefficient (Wildman–Crippen LogP) is 3.38. The molecule has 2 saturated heterocycles. The number of hydrogen-bond donors (Lipinski definition) is 2. The van der Waals surface area contributed by atoms with Crippen LogP contribution >= 0.6 is 0 Å². The van der Waals surface area contributed by atoms with Gasteiger partial charge in [0.1, 0.15) is 35.1 Å². The van der Waals surface area contributed by atoms with Gasteiger partial charge in [-0.2, -0.15) is 8.78 Å². The highest BCUT2D eigenvalue weighted by Gasteiger charge is 2.46. The lowest BCUT2D eigenvalue weighted by Gasteiger charge is -2.20. The molecule has 3 heterocycles. The average molecular weight is 621 g/mol. The van der Waals surface area contributed by atoms with Crippen LogP contribution in [0.1, 0.15) is 28.3 Å². The summed E-state index contributed by atoms with van der Waals surface area (Å²) in [5.74, 6) is -8.64. The molecule has 2 fully saturated rings. The Hall–Kier alpha value is -4.79. The maximum absolute atomic E-state index is 15.2. The summed E-state index contributed by atoms with van der Waals surface area (Å²) in [6, 6.07) is 8.71. The van der Waals surface area contributed by atoms with Crippen molar-refractivity contribution in [3.8, 4) is 11.5 Å². The molecule has 3 aromatic rings. The van der Waals surface area contributed by atoms with E-state index in [1.165, 1.54) is 25.3 Å². The molecule has 232 valence electrons. The number of methoxy groups -OCH3 is 1. The zero-order chi connectivity index (χ0) is 31.7. The molecule has 10 nitrogen and oxygen atoms in total. The number of carbonyl (C=O) groups is 3. The third kappa shape index (κ3) is 6.00. The number of rotatable bonds is 9. The lowest BCUT2D eigenvalue weighted by Crippen LogP contribution is -2.36. The van der Waals surface area contributed by atoms with Crippen LogP contribution in [0.2, 0.25) is 0 Å². The molecule has 2 N–H and O–H groups in total. The van der Waals surface area contributed by atoms with E-state index < -0.39 is 84.2 Å². The van der Waals surface area contributed by atoms with Crippen LogP contribution in [-0.2, 0) is 9.59 Å². The van der Waals surface area contributed by atoms with Gasteiger partial charge in [-0.25, -0.2) is 18.2 Å². The van der Waals surface area contributed by atoms with Crippen molar-refractivity contribution in [2.45, 2.75) is 25.1 Å². The molecular weight excluding hydrogens is 595 g/mol. The molecule has 2 aromatic carbocycles. The van der Waals surface area contributed by atoms with Gasteiger partial charge in [-0.05, 0) is 36.4 Å². The fourth-order valence-electron chi connectivity index (χ4n) is 5.28. The average Bonchev–Trinajstić information content (AvgIpc) is 3.49. The first-order chi connectivity index (χ1) is 21.0. The monoisotopic (exact) mass is 620 g/mol. The first-order valence-corrected chi connectivity index (χ1v) is 13.3. The lowest BCUT2D eigenvalue weighted by molar-refractivity contribution is -0.124. The van der Waals surface area contributed by atoms with Gasteiger partial charge < -0.3 is 19.9 Å². The molecule has 2 aliphatic rings. The van der Waals surface area contributed by atoms with Crippen LogP contribution < -0.4 is 24.6 Å². The Morgan fingerprint density at radius 2 is 1.68 bits per heavy atom. The number of alkyl halides is 2. The molecule has 44 heavy (non-hydrogen) atoms. The maximum atomic E-state index is 15.2. The molecule has 0 bridgehead atoms. The van der Waals surface area contributed by atoms with Crippen LogP contribution in [0.4, 0.5) is 33.6 Å². The van der Waals surface area contributed by atoms with Crippen LogP contribution in [0.15, 0.2) is 48.5 Å². The Bertz CT molecular complexity index is 1570. The fraction of sp³-hybridized carbons (Fsp3) is 0.310. The Labute approximate surface area is 247 Å². The van der Waals surface area contributed by atoms with Gasteiger partial charge in [-0.1, -0.05) is 0 Å². The topological polar surface area (TPSA) is 121 Å². The number of halogens is 5. The maximum Gasteiger partial charge on any atom is 0.387 e. The van der Waals surface area contributed by atoms with Gasteiger partial charge in [0.15, 0.2) is 11.6 Å². The number of carbonyl (C=O) groups excluding carboxylic acids is 3. The summed E-state index contributed by atoms with van der Waals surface area (Å²) >= 11 is 0. The van der Waals surface area contributed by atoms with Crippen LogP contribution in [0.25, 0.3) is 0 Å².